The molecular weight excluding hydrogens is 150 g/mol. The summed E-state index contributed by atoms with van der Waals surface area (Å²) in [4.78, 5) is 8.38. The summed E-state index contributed by atoms with van der Waals surface area (Å²) in [6.45, 7) is 1.15. The highest BCUT2D eigenvalue weighted by Crippen LogP contribution is 2.08. The van der Waals surface area contributed by atoms with Gasteiger partial charge in [-0.15, -0.1) is 0 Å². The second-order valence-electron chi connectivity index (χ2n) is 3.16. The standard InChI is InChI=1S/C9H13N3/c1-3-8(10-4-1)7-9-11-5-2-6-12-9/h2,5-6,8,10H,1,3-4,7H2. The van der Waals surface area contributed by atoms with Crippen molar-refractivity contribution < 1.29 is 0 Å². The van der Waals surface area contributed by atoms with E-state index >= 15 is 0 Å². The van der Waals surface area contributed by atoms with Crippen LogP contribution in [0, 0.1) is 0 Å². The lowest BCUT2D eigenvalue weighted by molar-refractivity contribution is 0.585. The van der Waals surface area contributed by atoms with E-state index in [0.717, 1.165) is 18.8 Å². The quantitative estimate of drug-likeness (QED) is 0.699. The number of hydrogen-bond acceptors (Lipinski definition) is 3. The van der Waals surface area contributed by atoms with Crippen LogP contribution in [0.5, 0.6) is 0 Å². The van der Waals surface area contributed by atoms with Crippen LogP contribution in [0.2, 0.25) is 0 Å². The summed E-state index contributed by atoms with van der Waals surface area (Å²) in [5, 5.41) is 3.43. The lowest BCUT2D eigenvalue weighted by atomic mass is 10.1. The Morgan fingerprint density at radius 3 is 2.92 bits per heavy atom. The highest BCUT2D eigenvalue weighted by molar-refractivity contribution is 4.93. The Morgan fingerprint density at radius 1 is 1.42 bits per heavy atom. The van der Waals surface area contributed by atoms with Gasteiger partial charge in [0.25, 0.3) is 0 Å². The van der Waals surface area contributed by atoms with Gasteiger partial charge in [0.1, 0.15) is 5.82 Å². The highest BCUT2D eigenvalue weighted by atomic mass is 15.0. The van der Waals surface area contributed by atoms with E-state index in [0.29, 0.717) is 6.04 Å². The molecule has 12 heavy (non-hydrogen) atoms. The molecule has 2 heterocycles. The molecule has 0 saturated carbocycles. The van der Waals surface area contributed by atoms with Crippen LogP contribution in [0.15, 0.2) is 18.5 Å². The van der Waals surface area contributed by atoms with Crippen molar-refractivity contribution in [1.82, 2.24) is 15.3 Å². The third-order valence-corrected chi connectivity index (χ3v) is 2.21. The minimum absolute atomic E-state index is 0.604. The Labute approximate surface area is 72.2 Å². The first-order chi connectivity index (χ1) is 5.95. The average molecular weight is 163 g/mol. The van der Waals surface area contributed by atoms with Gasteiger partial charge in [0.05, 0.1) is 0 Å². The van der Waals surface area contributed by atoms with Crippen LogP contribution in [0.25, 0.3) is 0 Å². The van der Waals surface area contributed by atoms with E-state index in [1.807, 2.05) is 6.07 Å². The second kappa shape index (κ2) is 3.63. The SMILES string of the molecule is c1cnc(CC2CCCN2)nc1. The predicted octanol–water partition coefficient (Wildman–Crippen LogP) is 0.771. The molecule has 1 aliphatic rings. The molecule has 1 atom stereocenters. The topological polar surface area (TPSA) is 37.8 Å². The summed E-state index contributed by atoms with van der Waals surface area (Å²) in [5.41, 5.74) is 0. The van der Waals surface area contributed by atoms with Gasteiger partial charge in [-0.2, -0.15) is 0 Å². The fraction of sp³-hybridized carbons (Fsp3) is 0.556. The molecule has 1 aromatic rings. The molecule has 3 nitrogen and oxygen atoms in total. The zero-order valence-corrected chi connectivity index (χ0v) is 7.03. The Bertz CT molecular complexity index is 229. The minimum Gasteiger partial charge on any atom is -0.314 e. The van der Waals surface area contributed by atoms with Gasteiger partial charge in [-0.25, -0.2) is 9.97 Å². The van der Waals surface area contributed by atoms with Gasteiger partial charge < -0.3 is 5.32 Å². The average Bonchev–Trinajstić information content (AvgIpc) is 2.59. The predicted molar refractivity (Wildman–Crippen MR) is 46.8 cm³/mol. The van der Waals surface area contributed by atoms with Gasteiger partial charge in [0.15, 0.2) is 0 Å². The molecule has 0 spiro atoms. The summed E-state index contributed by atoms with van der Waals surface area (Å²) < 4.78 is 0. The first-order valence-electron chi connectivity index (χ1n) is 4.44. The number of hydrogen-bond donors (Lipinski definition) is 1. The highest BCUT2D eigenvalue weighted by Gasteiger charge is 2.14. The Hall–Kier alpha value is -0.960. The maximum Gasteiger partial charge on any atom is 0.129 e. The van der Waals surface area contributed by atoms with E-state index in [4.69, 9.17) is 0 Å². The van der Waals surface area contributed by atoms with Gasteiger partial charge in [-0.05, 0) is 25.5 Å². The van der Waals surface area contributed by atoms with Crippen molar-refractivity contribution >= 4 is 0 Å². The van der Waals surface area contributed by atoms with Crippen molar-refractivity contribution in [1.29, 1.82) is 0 Å². The van der Waals surface area contributed by atoms with Crippen molar-refractivity contribution in [3.63, 3.8) is 0 Å². The molecule has 2 rings (SSSR count). The number of aromatic nitrogens is 2. The summed E-state index contributed by atoms with van der Waals surface area (Å²) in [6, 6.07) is 2.46. The van der Waals surface area contributed by atoms with E-state index < -0.39 is 0 Å². The van der Waals surface area contributed by atoms with Crippen LogP contribution in [0.3, 0.4) is 0 Å². The largest absolute Gasteiger partial charge is 0.314 e. The van der Waals surface area contributed by atoms with Crippen molar-refractivity contribution in [3.05, 3.63) is 24.3 Å². The first kappa shape index (κ1) is 7.68. The van der Waals surface area contributed by atoms with Crippen LogP contribution in [-0.2, 0) is 6.42 Å². The van der Waals surface area contributed by atoms with Crippen molar-refractivity contribution in [2.45, 2.75) is 25.3 Å². The van der Waals surface area contributed by atoms with Crippen molar-refractivity contribution in [2.24, 2.45) is 0 Å². The van der Waals surface area contributed by atoms with Gasteiger partial charge in [-0.1, -0.05) is 0 Å². The third-order valence-electron chi connectivity index (χ3n) is 2.21. The Kier molecular flexibility index (Phi) is 2.32. The lowest BCUT2D eigenvalue weighted by Crippen LogP contribution is -2.24. The van der Waals surface area contributed by atoms with Crippen LogP contribution >= 0.6 is 0 Å². The third kappa shape index (κ3) is 1.80. The van der Waals surface area contributed by atoms with E-state index in [2.05, 4.69) is 15.3 Å². The smallest absolute Gasteiger partial charge is 0.129 e. The number of nitrogens with one attached hydrogen (secondary N) is 1. The maximum absolute atomic E-state index is 4.19. The molecule has 0 bridgehead atoms. The van der Waals surface area contributed by atoms with Gasteiger partial charge in [0.2, 0.25) is 0 Å². The Balaban J connectivity index is 1.94. The van der Waals surface area contributed by atoms with Crippen LogP contribution in [0.1, 0.15) is 18.7 Å². The van der Waals surface area contributed by atoms with E-state index in [9.17, 15) is 0 Å². The maximum atomic E-state index is 4.19. The normalized spacial score (nSPS) is 22.8. The van der Waals surface area contributed by atoms with Crippen molar-refractivity contribution in [2.75, 3.05) is 6.54 Å². The van der Waals surface area contributed by atoms with Gasteiger partial charge in [-0.3, -0.25) is 0 Å². The monoisotopic (exact) mass is 163 g/mol. The summed E-state index contributed by atoms with van der Waals surface area (Å²) in [7, 11) is 0. The summed E-state index contributed by atoms with van der Waals surface area (Å²) in [5.74, 6) is 0.955. The molecule has 1 N–H and O–H groups in total. The molecule has 0 aromatic carbocycles. The molecule has 1 unspecified atom stereocenters. The Morgan fingerprint density at radius 2 is 2.25 bits per heavy atom. The molecule has 1 saturated heterocycles. The first-order valence-corrected chi connectivity index (χ1v) is 4.44. The van der Waals surface area contributed by atoms with E-state index in [1.165, 1.54) is 12.8 Å². The van der Waals surface area contributed by atoms with Gasteiger partial charge in [0, 0.05) is 24.9 Å². The number of nitrogens with zero attached hydrogens (tertiary/aromatic N) is 2. The molecule has 0 aliphatic carbocycles. The minimum atomic E-state index is 0.604. The number of rotatable bonds is 2. The zero-order chi connectivity index (χ0) is 8.23. The fourth-order valence-corrected chi connectivity index (χ4v) is 1.59. The lowest BCUT2D eigenvalue weighted by Gasteiger charge is -2.07. The molecule has 0 amide bonds. The fourth-order valence-electron chi connectivity index (χ4n) is 1.59. The van der Waals surface area contributed by atoms with Gasteiger partial charge >= 0.3 is 0 Å². The molecule has 3 heteroatoms. The summed E-state index contributed by atoms with van der Waals surface area (Å²) >= 11 is 0. The molecule has 64 valence electrons. The molecular formula is C9H13N3. The zero-order valence-electron chi connectivity index (χ0n) is 7.03. The molecule has 1 aromatic heterocycles. The molecule has 0 radical (unpaired) electrons. The van der Waals surface area contributed by atoms with E-state index in [1.54, 1.807) is 12.4 Å². The molecule has 1 fully saturated rings. The molecule has 1 aliphatic heterocycles. The van der Waals surface area contributed by atoms with Crippen LogP contribution in [0.4, 0.5) is 0 Å². The van der Waals surface area contributed by atoms with Crippen LogP contribution < -0.4 is 5.32 Å². The van der Waals surface area contributed by atoms with Crippen LogP contribution in [-0.4, -0.2) is 22.6 Å². The second-order valence-corrected chi connectivity index (χ2v) is 3.16. The summed E-state index contributed by atoms with van der Waals surface area (Å²) in [6.07, 6.45) is 7.13. The van der Waals surface area contributed by atoms with Crippen molar-refractivity contribution in [3.8, 4) is 0 Å². The van der Waals surface area contributed by atoms with E-state index in [-0.39, 0.29) is 0 Å².